The van der Waals surface area contributed by atoms with Crippen LogP contribution in [0, 0.1) is 5.92 Å². The Hall–Kier alpha value is -0.770. The van der Waals surface area contributed by atoms with Crippen LogP contribution in [0.25, 0.3) is 0 Å². The molecule has 0 aromatic carbocycles. The number of rotatable bonds is 8. The van der Waals surface area contributed by atoms with E-state index in [9.17, 15) is 4.79 Å². The molecule has 2 N–H and O–H groups in total. The van der Waals surface area contributed by atoms with Crippen LogP contribution >= 0.6 is 0 Å². The number of alkyl carbamates (subject to hydrolysis) is 1. The van der Waals surface area contributed by atoms with Crippen LogP contribution in [0.4, 0.5) is 4.79 Å². The van der Waals surface area contributed by atoms with E-state index in [2.05, 4.69) is 31.4 Å². The SMILES string of the molecule is CCCCCNCC(NC(=O)OC(C)(C)C)C(C)C. The zero-order valence-corrected chi connectivity index (χ0v) is 13.5. The highest BCUT2D eigenvalue weighted by Gasteiger charge is 2.20. The highest BCUT2D eigenvalue weighted by Crippen LogP contribution is 2.08. The summed E-state index contributed by atoms with van der Waals surface area (Å²) in [4.78, 5) is 11.7. The van der Waals surface area contributed by atoms with Gasteiger partial charge in [0.15, 0.2) is 0 Å². The number of ether oxygens (including phenoxy) is 1. The molecule has 0 aliphatic carbocycles. The Bertz CT molecular complexity index is 247. The van der Waals surface area contributed by atoms with Gasteiger partial charge in [0.25, 0.3) is 0 Å². The molecular formula is C15H32N2O2. The lowest BCUT2D eigenvalue weighted by Gasteiger charge is -2.26. The van der Waals surface area contributed by atoms with E-state index in [1.54, 1.807) is 0 Å². The van der Waals surface area contributed by atoms with Gasteiger partial charge in [0.2, 0.25) is 0 Å². The third-order valence-corrected chi connectivity index (χ3v) is 2.83. The molecule has 1 unspecified atom stereocenters. The van der Waals surface area contributed by atoms with Crippen LogP contribution in [0.1, 0.15) is 60.8 Å². The lowest BCUT2D eigenvalue weighted by atomic mass is 10.0. The first-order chi connectivity index (χ1) is 8.76. The van der Waals surface area contributed by atoms with Crippen molar-refractivity contribution in [2.45, 2.75) is 72.4 Å². The molecule has 0 fully saturated rings. The van der Waals surface area contributed by atoms with E-state index in [0.29, 0.717) is 5.92 Å². The van der Waals surface area contributed by atoms with Gasteiger partial charge < -0.3 is 15.4 Å². The summed E-state index contributed by atoms with van der Waals surface area (Å²) in [5.74, 6) is 0.381. The number of carbonyl (C=O) groups is 1. The van der Waals surface area contributed by atoms with E-state index in [-0.39, 0.29) is 12.1 Å². The van der Waals surface area contributed by atoms with Crippen molar-refractivity contribution < 1.29 is 9.53 Å². The molecule has 0 spiro atoms. The highest BCUT2D eigenvalue weighted by molar-refractivity contribution is 5.68. The maximum absolute atomic E-state index is 11.7. The normalized spacial score (nSPS) is 13.4. The van der Waals surface area contributed by atoms with Gasteiger partial charge >= 0.3 is 6.09 Å². The van der Waals surface area contributed by atoms with Gasteiger partial charge in [-0.3, -0.25) is 0 Å². The first-order valence-corrected chi connectivity index (χ1v) is 7.46. The second kappa shape index (κ2) is 9.18. The van der Waals surface area contributed by atoms with Crippen molar-refractivity contribution in [2.24, 2.45) is 5.92 Å². The lowest BCUT2D eigenvalue weighted by Crippen LogP contribution is -2.47. The average molecular weight is 272 g/mol. The number of amides is 1. The molecule has 0 saturated heterocycles. The molecule has 0 aromatic heterocycles. The summed E-state index contributed by atoms with van der Waals surface area (Å²) in [5.41, 5.74) is -0.444. The number of nitrogens with one attached hydrogen (secondary N) is 2. The Morgan fingerprint density at radius 2 is 1.84 bits per heavy atom. The topological polar surface area (TPSA) is 50.4 Å². The van der Waals surface area contributed by atoms with Crippen molar-refractivity contribution in [2.75, 3.05) is 13.1 Å². The summed E-state index contributed by atoms with van der Waals surface area (Å²) >= 11 is 0. The fourth-order valence-corrected chi connectivity index (χ4v) is 1.67. The van der Waals surface area contributed by atoms with Crippen LogP contribution in [0.15, 0.2) is 0 Å². The van der Waals surface area contributed by atoms with E-state index in [0.717, 1.165) is 13.1 Å². The van der Waals surface area contributed by atoms with E-state index in [1.807, 2.05) is 20.8 Å². The van der Waals surface area contributed by atoms with E-state index < -0.39 is 5.60 Å². The molecular weight excluding hydrogens is 240 g/mol. The summed E-state index contributed by atoms with van der Waals surface area (Å²) in [6.07, 6.45) is 3.33. The van der Waals surface area contributed by atoms with E-state index in [1.165, 1.54) is 19.3 Å². The Morgan fingerprint density at radius 3 is 2.32 bits per heavy atom. The van der Waals surface area contributed by atoms with Crippen molar-refractivity contribution in [3.8, 4) is 0 Å². The number of hydrogen-bond donors (Lipinski definition) is 2. The summed E-state index contributed by atoms with van der Waals surface area (Å²) in [7, 11) is 0. The zero-order valence-electron chi connectivity index (χ0n) is 13.5. The van der Waals surface area contributed by atoms with Crippen molar-refractivity contribution >= 4 is 6.09 Å². The fraction of sp³-hybridized carbons (Fsp3) is 0.933. The van der Waals surface area contributed by atoms with Gasteiger partial charge in [0.05, 0.1) is 0 Å². The predicted octanol–water partition coefficient (Wildman–Crippen LogP) is 3.32. The van der Waals surface area contributed by atoms with Gasteiger partial charge in [0.1, 0.15) is 5.60 Å². The monoisotopic (exact) mass is 272 g/mol. The van der Waals surface area contributed by atoms with E-state index in [4.69, 9.17) is 4.74 Å². The highest BCUT2D eigenvalue weighted by atomic mass is 16.6. The molecule has 1 atom stereocenters. The fourth-order valence-electron chi connectivity index (χ4n) is 1.67. The minimum absolute atomic E-state index is 0.108. The van der Waals surface area contributed by atoms with Crippen LogP contribution in [-0.4, -0.2) is 30.8 Å². The molecule has 1 amide bonds. The molecule has 0 aromatic rings. The maximum atomic E-state index is 11.7. The second-order valence-electron chi connectivity index (χ2n) is 6.41. The van der Waals surface area contributed by atoms with Crippen molar-refractivity contribution in [3.05, 3.63) is 0 Å². The standard InChI is InChI=1S/C15H32N2O2/c1-7-8-9-10-16-11-13(12(2)3)17-14(18)19-15(4,5)6/h12-13,16H,7-11H2,1-6H3,(H,17,18). The Labute approximate surface area is 118 Å². The first kappa shape index (κ1) is 18.2. The number of carbonyl (C=O) groups excluding carboxylic acids is 1. The predicted molar refractivity (Wildman–Crippen MR) is 80.4 cm³/mol. The molecule has 0 aliphatic heterocycles. The molecule has 4 nitrogen and oxygen atoms in total. The summed E-state index contributed by atoms with van der Waals surface area (Å²) in [6, 6.07) is 0.108. The number of unbranched alkanes of at least 4 members (excludes halogenated alkanes) is 2. The molecule has 0 bridgehead atoms. The zero-order chi connectivity index (χ0) is 14.9. The second-order valence-corrected chi connectivity index (χ2v) is 6.41. The van der Waals surface area contributed by atoms with Crippen molar-refractivity contribution in [3.63, 3.8) is 0 Å². The largest absolute Gasteiger partial charge is 0.444 e. The minimum atomic E-state index is -0.444. The molecule has 19 heavy (non-hydrogen) atoms. The van der Waals surface area contributed by atoms with E-state index >= 15 is 0 Å². The Morgan fingerprint density at radius 1 is 1.21 bits per heavy atom. The smallest absolute Gasteiger partial charge is 0.407 e. The molecule has 114 valence electrons. The molecule has 4 heteroatoms. The van der Waals surface area contributed by atoms with Crippen molar-refractivity contribution in [1.29, 1.82) is 0 Å². The Balaban J connectivity index is 4.02. The van der Waals surface area contributed by atoms with Gasteiger partial charge in [0, 0.05) is 12.6 Å². The molecule has 0 rings (SSSR count). The summed E-state index contributed by atoms with van der Waals surface area (Å²) in [5, 5.41) is 6.34. The van der Waals surface area contributed by atoms with Gasteiger partial charge in [-0.2, -0.15) is 0 Å². The Kier molecular flexibility index (Phi) is 8.81. The third-order valence-electron chi connectivity index (χ3n) is 2.83. The number of hydrogen-bond acceptors (Lipinski definition) is 3. The summed E-state index contributed by atoms with van der Waals surface area (Å²) < 4.78 is 5.29. The molecule has 0 aliphatic rings. The van der Waals surface area contributed by atoms with Gasteiger partial charge in [-0.15, -0.1) is 0 Å². The van der Waals surface area contributed by atoms with Gasteiger partial charge in [-0.1, -0.05) is 33.6 Å². The van der Waals surface area contributed by atoms with Crippen LogP contribution < -0.4 is 10.6 Å². The van der Waals surface area contributed by atoms with Crippen LogP contribution in [0.3, 0.4) is 0 Å². The lowest BCUT2D eigenvalue weighted by molar-refractivity contribution is 0.0490. The third kappa shape index (κ3) is 10.8. The van der Waals surface area contributed by atoms with Crippen LogP contribution in [0.2, 0.25) is 0 Å². The van der Waals surface area contributed by atoms with Crippen LogP contribution in [-0.2, 0) is 4.74 Å². The van der Waals surface area contributed by atoms with Gasteiger partial charge in [-0.05, 0) is 39.7 Å². The summed E-state index contributed by atoms with van der Waals surface area (Å²) in [6.45, 7) is 13.8. The van der Waals surface area contributed by atoms with Gasteiger partial charge in [-0.25, -0.2) is 4.79 Å². The first-order valence-electron chi connectivity index (χ1n) is 7.46. The maximum Gasteiger partial charge on any atom is 0.407 e. The van der Waals surface area contributed by atoms with Crippen LogP contribution in [0.5, 0.6) is 0 Å². The molecule has 0 radical (unpaired) electrons. The average Bonchev–Trinajstić information content (AvgIpc) is 2.24. The molecule has 0 saturated carbocycles. The molecule has 0 heterocycles. The van der Waals surface area contributed by atoms with Crippen molar-refractivity contribution in [1.82, 2.24) is 10.6 Å². The minimum Gasteiger partial charge on any atom is -0.444 e. The quantitative estimate of drug-likeness (QED) is 0.666.